The van der Waals surface area contributed by atoms with E-state index in [9.17, 15) is 0 Å². The van der Waals surface area contributed by atoms with Gasteiger partial charge < -0.3 is 0 Å². The van der Waals surface area contributed by atoms with Crippen molar-refractivity contribution in [3.63, 3.8) is 0 Å². The second-order valence-electron chi connectivity index (χ2n) is 5.00. The van der Waals surface area contributed by atoms with Crippen molar-refractivity contribution in [2.75, 3.05) is 18.5 Å². The summed E-state index contributed by atoms with van der Waals surface area (Å²) in [6.07, 6.45) is 25.7. The van der Waals surface area contributed by atoms with Crippen molar-refractivity contribution in [2.45, 2.75) is 59.3 Å². The van der Waals surface area contributed by atoms with E-state index in [1.54, 1.807) is 0 Å². The van der Waals surface area contributed by atoms with Gasteiger partial charge >= 0.3 is 0 Å². The van der Waals surface area contributed by atoms with Crippen LogP contribution in [0.3, 0.4) is 0 Å². The molecule has 0 aromatic carbocycles. The number of rotatable bonds is 12. The normalized spacial score (nSPS) is 12.6. The first-order valence-electron chi connectivity index (χ1n) is 8.02. The van der Waals surface area contributed by atoms with E-state index in [4.69, 9.17) is 0 Å². The molecule has 0 amide bonds. The number of allylic oxidation sites excluding steroid dienone is 6. The van der Waals surface area contributed by atoms with Crippen molar-refractivity contribution in [2.24, 2.45) is 0 Å². The van der Waals surface area contributed by atoms with E-state index in [2.05, 4.69) is 57.2 Å². The minimum Gasteiger partial charge on any atom is -0.0951 e. The summed E-state index contributed by atoms with van der Waals surface area (Å²) >= 11 is 0. The molecule has 0 aliphatic carbocycles. The third-order valence-electron chi connectivity index (χ3n) is 2.96. The van der Waals surface area contributed by atoms with Crippen molar-refractivity contribution in [3.8, 4) is 0 Å². The van der Waals surface area contributed by atoms with Gasteiger partial charge in [-0.15, -0.1) is 0 Å². The summed E-state index contributed by atoms with van der Waals surface area (Å²) in [5.74, 6) is 0. The predicted octanol–water partition coefficient (Wildman–Crippen LogP) is 6.54. The summed E-state index contributed by atoms with van der Waals surface area (Å²) in [6.45, 7) is 6.73. The van der Waals surface area contributed by atoms with Gasteiger partial charge in [0.05, 0.1) is 0 Å². The van der Waals surface area contributed by atoms with Gasteiger partial charge in [0.25, 0.3) is 0 Å². The Morgan fingerprint density at radius 1 is 0.526 bits per heavy atom. The molecule has 0 spiro atoms. The van der Waals surface area contributed by atoms with Crippen LogP contribution in [0.25, 0.3) is 0 Å². The topological polar surface area (TPSA) is 0 Å². The molecule has 0 aromatic rings. The number of hydrogen-bond acceptors (Lipinski definition) is 0. The fraction of sp³-hybridized carbons (Fsp3) is 0.667. The predicted molar refractivity (Wildman–Crippen MR) is 93.7 cm³/mol. The van der Waals surface area contributed by atoms with Crippen LogP contribution in [0.15, 0.2) is 36.5 Å². The van der Waals surface area contributed by atoms with Crippen LogP contribution in [0.1, 0.15) is 59.3 Å². The van der Waals surface area contributed by atoms with Crippen molar-refractivity contribution < 1.29 is 0 Å². The maximum Gasteiger partial charge on any atom is -0.0139 e. The van der Waals surface area contributed by atoms with Crippen LogP contribution in [0.4, 0.5) is 0 Å². The van der Waals surface area contributed by atoms with Gasteiger partial charge in [-0.2, -0.15) is 0 Å². The molecule has 0 rings (SSSR count). The molecule has 0 nitrogen and oxygen atoms in total. The van der Waals surface area contributed by atoms with E-state index in [0.29, 0.717) is 0 Å². The van der Waals surface area contributed by atoms with Gasteiger partial charge in [0.1, 0.15) is 0 Å². The molecule has 0 aliphatic heterocycles. The standard InChI is InChI=1S/C18H33P/c1-4-7-10-13-16-19(17-14-11-8-5-2)18-15-12-9-6-3/h10-15H,4-9,16-18H2,1-3H3/b13-10+,14-11+,15-12+. The Labute approximate surface area is 122 Å². The Bertz CT molecular complexity index is 208. The minimum absolute atomic E-state index is 0.129. The zero-order valence-electron chi connectivity index (χ0n) is 13.3. The molecule has 0 atom stereocenters. The Morgan fingerprint density at radius 3 is 1.11 bits per heavy atom. The molecule has 0 saturated heterocycles. The molecule has 0 heterocycles. The number of hydrogen-bond donors (Lipinski definition) is 0. The van der Waals surface area contributed by atoms with Crippen LogP contribution in [-0.4, -0.2) is 18.5 Å². The number of unbranched alkanes of at least 4 members (excludes halogenated alkanes) is 3. The first-order chi connectivity index (χ1) is 9.35. The molecule has 0 radical (unpaired) electrons. The average molecular weight is 280 g/mol. The largest absolute Gasteiger partial charge is 0.0951 e. The first kappa shape index (κ1) is 18.7. The second-order valence-corrected chi connectivity index (χ2v) is 7.44. The zero-order valence-corrected chi connectivity index (χ0v) is 14.2. The molecular weight excluding hydrogens is 247 g/mol. The van der Waals surface area contributed by atoms with Gasteiger partial charge in [-0.3, -0.25) is 0 Å². The highest BCUT2D eigenvalue weighted by Gasteiger charge is 2.01. The summed E-state index contributed by atoms with van der Waals surface area (Å²) in [4.78, 5) is 0. The van der Waals surface area contributed by atoms with E-state index in [1.165, 1.54) is 57.0 Å². The van der Waals surface area contributed by atoms with Crippen molar-refractivity contribution in [1.82, 2.24) is 0 Å². The lowest BCUT2D eigenvalue weighted by molar-refractivity contribution is 0.956. The SMILES string of the molecule is CCC/C=C/CP(C/C=C/CCC)C/C=C/CCC. The Kier molecular flexibility index (Phi) is 15.4. The Balaban J connectivity index is 4.05. The third-order valence-corrected chi connectivity index (χ3v) is 5.14. The fourth-order valence-corrected chi connectivity index (χ4v) is 3.54. The molecule has 0 aromatic heterocycles. The van der Waals surface area contributed by atoms with E-state index < -0.39 is 0 Å². The third kappa shape index (κ3) is 13.9. The quantitative estimate of drug-likeness (QED) is 0.281. The van der Waals surface area contributed by atoms with E-state index in [1.807, 2.05) is 0 Å². The molecular formula is C18H33P. The van der Waals surface area contributed by atoms with Gasteiger partial charge in [-0.25, -0.2) is 0 Å². The van der Waals surface area contributed by atoms with Gasteiger partial charge in [0, 0.05) is 0 Å². The maximum atomic E-state index is 2.41. The van der Waals surface area contributed by atoms with E-state index in [-0.39, 0.29) is 7.92 Å². The summed E-state index contributed by atoms with van der Waals surface area (Å²) < 4.78 is 0. The zero-order chi connectivity index (χ0) is 14.2. The van der Waals surface area contributed by atoms with Gasteiger partial charge in [-0.1, -0.05) is 84.4 Å². The van der Waals surface area contributed by atoms with Gasteiger partial charge in [0.15, 0.2) is 0 Å². The van der Waals surface area contributed by atoms with E-state index >= 15 is 0 Å². The summed E-state index contributed by atoms with van der Waals surface area (Å²) in [5, 5.41) is 0. The lowest BCUT2D eigenvalue weighted by atomic mass is 10.3. The summed E-state index contributed by atoms with van der Waals surface area (Å²) in [6, 6.07) is 0. The first-order valence-corrected chi connectivity index (χ1v) is 9.92. The molecule has 19 heavy (non-hydrogen) atoms. The molecule has 0 saturated carbocycles. The lowest BCUT2D eigenvalue weighted by Crippen LogP contribution is -1.89. The van der Waals surface area contributed by atoms with Crippen LogP contribution >= 0.6 is 7.92 Å². The van der Waals surface area contributed by atoms with Crippen molar-refractivity contribution >= 4 is 7.92 Å². The summed E-state index contributed by atoms with van der Waals surface area (Å²) in [5.41, 5.74) is 0. The van der Waals surface area contributed by atoms with Crippen LogP contribution in [0.5, 0.6) is 0 Å². The second kappa shape index (κ2) is 15.7. The van der Waals surface area contributed by atoms with Crippen LogP contribution in [-0.2, 0) is 0 Å². The van der Waals surface area contributed by atoms with Crippen LogP contribution in [0, 0.1) is 0 Å². The molecule has 0 bridgehead atoms. The molecule has 0 aliphatic rings. The molecule has 0 unspecified atom stereocenters. The molecule has 0 N–H and O–H groups in total. The monoisotopic (exact) mass is 280 g/mol. The average Bonchev–Trinajstić information content (AvgIpc) is 2.43. The van der Waals surface area contributed by atoms with Crippen LogP contribution < -0.4 is 0 Å². The minimum atomic E-state index is 0.129. The van der Waals surface area contributed by atoms with E-state index in [0.717, 1.165) is 0 Å². The Morgan fingerprint density at radius 2 is 0.842 bits per heavy atom. The summed E-state index contributed by atoms with van der Waals surface area (Å²) in [7, 11) is 0.129. The Hall–Kier alpha value is -0.350. The fourth-order valence-electron chi connectivity index (χ4n) is 1.75. The van der Waals surface area contributed by atoms with Crippen molar-refractivity contribution in [3.05, 3.63) is 36.5 Å². The molecule has 0 fully saturated rings. The van der Waals surface area contributed by atoms with Gasteiger partial charge in [-0.05, 0) is 37.7 Å². The van der Waals surface area contributed by atoms with Crippen molar-refractivity contribution in [1.29, 1.82) is 0 Å². The highest BCUT2D eigenvalue weighted by atomic mass is 31.1. The van der Waals surface area contributed by atoms with Crippen LogP contribution in [0.2, 0.25) is 0 Å². The highest BCUT2D eigenvalue weighted by Crippen LogP contribution is 2.35. The lowest BCUT2D eigenvalue weighted by Gasteiger charge is -2.11. The van der Waals surface area contributed by atoms with Gasteiger partial charge in [0.2, 0.25) is 0 Å². The molecule has 1 heteroatoms. The smallest absolute Gasteiger partial charge is 0.0139 e. The maximum absolute atomic E-state index is 2.41. The highest BCUT2D eigenvalue weighted by molar-refractivity contribution is 7.58. The molecule has 110 valence electrons.